The smallest absolute Gasteiger partial charge is 0.238 e. The van der Waals surface area contributed by atoms with Crippen LogP contribution in [0.15, 0.2) is 18.2 Å². The molecule has 0 saturated carbocycles. The van der Waals surface area contributed by atoms with E-state index in [9.17, 15) is 4.79 Å². The topological polar surface area (TPSA) is 60.0 Å². The average molecular weight is 308 g/mol. The van der Waals surface area contributed by atoms with Crippen LogP contribution in [0.5, 0.6) is 11.5 Å². The van der Waals surface area contributed by atoms with E-state index in [4.69, 9.17) is 14.2 Å². The molecule has 2 rings (SSSR count). The summed E-state index contributed by atoms with van der Waals surface area (Å²) in [4.78, 5) is 14.4. The summed E-state index contributed by atoms with van der Waals surface area (Å²) in [5.74, 6) is 1.20. The number of morpholine rings is 1. The highest BCUT2D eigenvalue weighted by atomic mass is 16.5. The molecule has 0 aliphatic carbocycles. The van der Waals surface area contributed by atoms with Gasteiger partial charge in [0.15, 0.2) is 0 Å². The highest BCUT2D eigenvalue weighted by molar-refractivity contribution is 5.93. The van der Waals surface area contributed by atoms with E-state index in [1.165, 1.54) is 0 Å². The number of hydrogen-bond donors (Lipinski definition) is 1. The SMILES string of the molecule is COc1ccc(NC(=O)CN2CC(C)OCC2C)c(OC)c1. The number of methoxy groups -OCH3 is 2. The molecule has 0 radical (unpaired) electrons. The Kier molecular flexibility index (Phi) is 5.63. The van der Waals surface area contributed by atoms with Gasteiger partial charge in [0.2, 0.25) is 5.91 Å². The van der Waals surface area contributed by atoms with Crippen molar-refractivity contribution in [3.8, 4) is 11.5 Å². The molecule has 0 bridgehead atoms. The van der Waals surface area contributed by atoms with Crippen molar-refractivity contribution < 1.29 is 19.0 Å². The van der Waals surface area contributed by atoms with Crippen molar-refractivity contribution in [1.29, 1.82) is 0 Å². The molecule has 6 nitrogen and oxygen atoms in total. The van der Waals surface area contributed by atoms with Crippen molar-refractivity contribution in [3.05, 3.63) is 18.2 Å². The normalized spacial score (nSPS) is 22.2. The number of rotatable bonds is 5. The molecule has 1 aromatic carbocycles. The summed E-state index contributed by atoms with van der Waals surface area (Å²) in [5, 5.41) is 2.89. The minimum absolute atomic E-state index is 0.0654. The molecular formula is C16H24N2O4. The fourth-order valence-electron chi connectivity index (χ4n) is 2.47. The molecular weight excluding hydrogens is 284 g/mol. The second kappa shape index (κ2) is 7.47. The van der Waals surface area contributed by atoms with Gasteiger partial charge < -0.3 is 19.5 Å². The van der Waals surface area contributed by atoms with E-state index < -0.39 is 0 Å². The minimum Gasteiger partial charge on any atom is -0.497 e. The third-order valence-corrected chi connectivity index (χ3v) is 3.77. The lowest BCUT2D eigenvalue weighted by atomic mass is 10.2. The number of carbonyl (C=O) groups is 1. The molecule has 1 amide bonds. The molecule has 1 N–H and O–H groups in total. The van der Waals surface area contributed by atoms with Crippen LogP contribution in [0, 0.1) is 0 Å². The molecule has 1 fully saturated rings. The summed E-state index contributed by atoms with van der Waals surface area (Å²) in [6.45, 7) is 5.83. The first-order valence-electron chi connectivity index (χ1n) is 7.41. The van der Waals surface area contributed by atoms with Gasteiger partial charge in [0.05, 0.1) is 39.2 Å². The van der Waals surface area contributed by atoms with Gasteiger partial charge in [0.1, 0.15) is 11.5 Å². The van der Waals surface area contributed by atoms with Crippen molar-refractivity contribution in [2.45, 2.75) is 26.0 Å². The Morgan fingerprint density at radius 1 is 1.36 bits per heavy atom. The standard InChI is InChI=1S/C16H24N2O4/c1-11-10-22-12(2)8-18(11)9-16(19)17-14-6-5-13(20-3)7-15(14)21-4/h5-7,11-12H,8-10H2,1-4H3,(H,17,19). The third-order valence-electron chi connectivity index (χ3n) is 3.77. The van der Waals surface area contributed by atoms with Gasteiger partial charge >= 0.3 is 0 Å². The molecule has 0 aromatic heterocycles. The molecule has 22 heavy (non-hydrogen) atoms. The molecule has 2 unspecified atom stereocenters. The number of ether oxygens (including phenoxy) is 3. The Morgan fingerprint density at radius 3 is 2.82 bits per heavy atom. The fraction of sp³-hybridized carbons (Fsp3) is 0.562. The highest BCUT2D eigenvalue weighted by Gasteiger charge is 2.25. The van der Waals surface area contributed by atoms with E-state index in [0.29, 0.717) is 30.3 Å². The van der Waals surface area contributed by atoms with Gasteiger partial charge in [-0.15, -0.1) is 0 Å². The van der Waals surface area contributed by atoms with Gasteiger partial charge in [-0.2, -0.15) is 0 Å². The molecule has 0 spiro atoms. The summed E-state index contributed by atoms with van der Waals surface area (Å²) in [7, 11) is 3.16. The summed E-state index contributed by atoms with van der Waals surface area (Å²) >= 11 is 0. The molecule has 6 heteroatoms. The lowest BCUT2D eigenvalue weighted by molar-refractivity contribution is -0.121. The first kappa shape index (κ1) is 16.6. The molecule has 1 aliphatic rings. The lowest BCUT2D eigenvalue weighted by Crippen LogP contribution is -2.50. The monoisotopic (exact) mass is 308 g/mol. The highest BCUT2D eigenvalue weighted by Crippen LogP contribution is 2.29. The van der Waals surface area contributed by atoms with Crippen molar-refractivity contribution in [2.24, 2.45) is 0 Å². The van der Waals surface area contributed by atoms with E-state index in [1.54, 1.807) is 32.4 Å². The zero-order chi connectivity index (χ0) is 16.1. The van der Waals surface area contributed by atoms with Gasteiger partial charge in [0, 0.05) is 18.7 Å². The van der Waals surface area contributed by atoms with Crippen molar-refractivity contribution in [2.75, 3.05) is 39.2 Å². The van der Waals surface area contributed by atoms with Gasteiger partial charge in [-0.3, -0.25) is 9.69 Å². The quantitative estimate of drug-likeness (QED) is 0.898. The Balaban J connectivity index is 1.99. The largest absolute Gasteiger partial charge is 0.497 e. The maximum atomic E-state index is 12.3. The van der Waals surface area contributed by atoms with E-state index in [2.05, 4.69) is 17.1 Å². The summed E-state index contributed by atoms with van der Waals surface area (Å²) in [6, 6.07) is 5.55. The van der Waals surface area contributed by atoms with Crippen LogP contribution in [0.3, 0.4) is 0 Å². The minimum atomic E-state index is -0.0654. The predicted molar refractivity (Wildman–Crippen MR) is 84.6 cm³/mol. The first-order valence-corrected chi connectivity index (χ1v) is 7.41. The maximum absolute atomic E-state index is 12.3. The fourth-order valence-corrected chi connectivity index (χ4v) is 2.47. The number of nitrogens with one attached hydrogen (secondary N) is 1. The summed E-state index contributed by atoms with van der Waals surface area (Å²) < 4.78 is 16.0. The molecule has 1 aliphatic heterocycles. The van der Waals surface area contributed by atoms with Crippen molar-refractivity contribution in [3.63, 3.8) is 0 Å². The van der Waals surface area contributed by atoms with Crippen molar-refractivity contribution in [1.82, 2.24) is 4.90 Å². The predicted octanol–water partition coefficient (Wildman–Crippen LogP) is 1.75. The average Bonchev–Trinajstić information content (AvgIpc) is 2.51. The molecule has 1 heterocycles. The number of anilines is 1. The molecule has 1 saturated heterocycles. The lowest BCUT2D eigenvalue weighted by Gasteiger charge is -2.36. The van der Waals surface area contributed by atoms with E-state index >= 15 is 0 Å². The summed E-state index contributed by atoms with van der Waals surface area (Å²) in [5.41, 5.74) is 0.641. The van der Waals surface area contributed by atoms with Gasteiger partial charge in [-0.1, -0.05) is 0 Å². The zero-order valence-electron chi connectivity index (χ0n) is 13.6. The number of carbonyl (C=O) groups excluding carboxylic acids is 1. The van der Waals surface area contributed by atoms with Crippen LogP contribution in [0.2, 0.25) is 0 Å². The van der Waals surface area contributed by atoms with E-state index in [1.807, 2.05) is 6.92 Å². The Hall–Kier alpha value is -1.79. The molecule has 1 aromatic rings. The van der Waals surface area contributed by atoms with Crippen LogP contribution in [0.4, 0.5) is 5.69 Å². The van der Waals surface area contributed by atoms with Crippen LogP contribution in [0.1, 0.15) is 13.8 Å². The number of amides is 1. The van der Waals surface area contributed by atoms with E-state index in [0.717, 1.165) is 6.54 Å². The maximum Gasteiger partial charge on any atom is 0.238 e. The zero-order valence-corrected chi connectivity index (χ0v) is 13.6. The van der Waals surface area contributed by atoms with Crippen LogP contribution in [-0.2, 0) is 9.53 Å². The second-order valence-electron chi connectivity index (χ2n) is 5.54. The third kappa shape index (κ3) is 4.11. The van der Waals surface area contributed by atoms with Gasteiger partial charge in [0.25, 0.3) is 0 Å². The first-order chi connectivity index (χ1) is 10.5. The summed E-state index contributed by atoms with van der Waals surface area (Å²) in [6.07, 6.45) is 0.152. The molecule has 122 valence electrons. The molecule has 2 atom stereocenters. The second-order valence-corrected chi connectivity index (χ2v) is 5.54. The number of benzene rings is 1. The van der Waals surface area contributed by atoms with Crippen molar-refractivity contribution >= 4 is 11.6 Å². The van der Waals surface area contributed by atoms with Crippen LogP contribution in [0.25, 0.3) is 0 Å². The van der Waals surface area contributed by atoms with Crippen LogP contribution in [-0.4, -0.2) is 56.9 Å². The van der Waals surface area contributed by atoms with Gasteiger partial charge in [-0.05, 0) is 26.0 Å². The Bertz CT molecular complexity index is 521. The Morgan fingerprint density at radius 2 is 2.14 bits per heavy atom. The van der Waals surface area contributed by atoms with Crippen LogP contribution >= 0.6 is 0 Å². The van der Waals surface area contributed by atoms with Crippen LogP contribution < -0.4 is 14.8 Å². The Labute approximate surface area is 131 Å². The number of nitrogens with zero attached hydrogens (tertiary/aromatic N) is 1. The van der Waals surface area contributed by atoms with E-state index in [-0.39, 0.29) is 18.1 Å². The number of hydrogen-bond acceptors (Lipinski definition) is 5. The van der Waals surface area contributed by atoms with Gasteiger partial charge in [-0.25, -0.2) is 0 Å².